The molecule has 1 unspecified atom stereocenters. The van der Waals surface area contributed by atoms with Crippen molar-refractivity contribution in [3.05, 3.63) is 17.7 Å². The van der Waals surface area contributed by atoms with Crippen molar-refractivity contribution in [1.82, 2.24) is 25.5 Å². The average molecular weight is 263 g/mol. The van der Waals surface area contributed by atoms with E-state index in [9.17, 15) is 14.4 Å². The fourth-order valence-corrected chi connectivity index (χ4v) is 2.36. The van der Waals surface area contributed by atoms with E-state index in [4.69, 9.17) is 0 Å². The highest BCUT2D eigenvalue weighted by atomic mass is 16.2. The van der Waals surface area contributed by atoms with Crippen LogP contribution in [-0.4, -0.2) is 51.7 Å². The molecule has 1 aromatic heterocycles. The van der Waals surface area contributed by atoms with Crippen molar-refractivity contribution in [1.29, 1.82) is 0 Å². The predicted octanol–water partition coefficient (Wildman–Crippen LogP) is -2.09. The Morgan fingerprint density at radius 1 is 1.32 bits per heavy atom. The first-order valence-electron chi connectivity index (χ1n) is 5.99. The summed E-state index contributed by atoms with van der Waals surface area (Å²) in [6.45, 7) is 0.381. The molecule has 3 heterocycles. The highest BCUT2D eigenvalue weighted by Crippen LogP contribution is 2.14. The van der Waals surface area contributed by atoms with Crippen molar-refractivity contribution in [3.8, 4) is 0 Å². The fraction of sp³-hybridized carbons (Fsp3) is 0.455. The molecule has 0 aliphatic carbocycles. The smallest absolute Gasteiger partial charge is 0.246 e. The van der Waals surface area contributed by atoms with Crippen LogP contribution >= 0.6 is 0 Å². The summed E-state index contributed by atoms with van der Waals surface area (Å²) in [5.41, 5.74) is 1.82. The Bertz CT molecular complexity index is 536. The second-order valence-corrected chi connectivity index (χ2v) is 4.63. The number of aromatic nitrogens is 2. The van der Waals surface area contributed by atoms with Gasteiger partial charge in [0.1, 0.15) is 13.1 Å². The lowest BCUT2D eigenvalue weighted by atomic mass is 10.0. The SMILES string of the molecule is O=C1CN(C(=O)C2Cc3nc[nH]c3CN2)CC(=O)N1. The third-order valence-electron chi connectivity index (χ3n) is 3.29. The van der Waals surface area contributed by atoms with E-state index >= 15 is 0 Å². The van der Waals surface area contributed by atoms with Gasteiger partial charge in [0.05, 0.1) is 23.8 Å². The summed E-state index contributed by atoms with van der Waals surface area (Å²) in [5, 5.41) is 5.25. The number of imidazole rings is 1. The van der Waals surface area contributed by atoms with Crippen molar-refractivity contribution in [2.45, 2.75) is 19.0 Å². The molecule has 1 atom stereocenters. The Morgan fingerprint density at radius 3 is 2.79 bits per heavy atom. The first-order chi connectivity index (χ1) is 9.13. The molecule has 8 nitrogen and oxygen atoms in total. The maximum atomic E-state index is 12.3. The Morgan fingerprint density at radius 2 is 2.05 bits per heavy atom. The predicted molar refractivity (Wildman–Crippen MR) is 62.6 cm³/mol. The summed E-state index contributed by atoms with van der Waals surface area (Å²) >= 11 is 0. The molecular formula is C11H13N5O3. The number of hydrogen-bond donors (Lipinski definition) is 3. The number of nitrogens with one attached hydrogen (secondary N) is 3. The maximum absolute atomic E-state index is 12.3. The topological polar surface area (TPSA) is 107 Å². The minimum atomic E-state index is -0.444. The Hall–Kier alpha value is -2.22. The van der Waals surface area contributed by atoms with Crippen LogP contribution in [0.3, 0.4) is 0 Å². The number of imide groups is 1. The van der Waals surface area contributed by atoms with Crippen LogP contribution in [0.15, 0.2) is 6.33 Å². The Labute approximate surface area is 108 Å². The lowest BCUT2D eigenvalue weighted by Crippen LogP contribution is -2.58. The molecule has 100 valence electrons. The van der Waals surface area contributed by atoms with Gasteiger partial charge in [0.25, 0.3) is 0 Å². The highest BCUT2D eigenvalue weighted by molar-refractivity contribution is 6.03. The molecule has 3 rings (SSSR count). The van der Waals surface area contributed by atoms with E-state index in [1.54, 1.807) is 6.33 Å². The number of carbonyl (C=O) groups excluding carboxylic acids is 3. The van der Waals surface area contributed by atoms with E-state index in [1.807, 2.05) is 0 Å². The number of amides is 3. The number of H-pyrrole nitrogens is 1. The van der Waals surface area contributed by atoms with Gasteiger partial charge in [-0.2, -0.15) is 0 Å². The third-order valence-corrected chi connectivity index (χ3v) is 3.29. The lowest BCUT2D eigenvalue weighted by molar-refractivity contribution is -0.146. The standard InChI is InChI=1S/C11H13N5O3/c17-9-3-16(4-10(18)15-9)11(19)7-1-6-8(2-12-7)14-5-13-6/h5,7,12H,1-4H2,(H,13,14)(H,15,17,18). The number of fused-ring (bicyclic) bond motifs is 1. The number of rotatable bonds is 1. The average Bonchev–Trinajstić information content (AvgIpc) is 2.83. The monoisotopic (exact) mass is 263 g/mol. The summed E-state index contributed by atoms with van der Waals surface area (Å²) in [6, 6.07) is -0.436. The van der Waals surface area contributed by atoms with Crippen LogP contribution in [0.1, 0.15) is 11.4 Å². The molecule has 1 aromatic rings. The van der Waals surface area contributed by atoms with Crippen molar-refractivity contribution in [3.63, 3.8) is 0 Å². The van der Waals surface area contributed by atoms with E-state index in [0.717, 1.165) is 11.4 Å². The molecule has 0 radical (unpaired) electrons. The molecular weight excluding hydrogens is 250 g/mol. The van der Waals surface area contributed by atoms with Gasteiger partial charge in [0.2, 0.25) is 17.7 Å². The van der Waals surface area contributed by atoms with E-state index < -0.39 is 17.9 Å². The van der Waals surface area contributed by atoms with Gasteiger partial charge < -0.3 is 9.88 Å². The van der Waals surface area contributed by atoms with Gasteiger partial charge in [-0.1, -0.05) is 0 Å². The van der Waals surface area contributed by atoms with Crippen molar-refractivity contribution >= 4 is 17.7 Å². The first-order valence-corrected chi connectivity index (χ1v) is 5.99. The summed E-state index contributed by atoms with van der Waals surface area (Å²) < 4.78 is 0. The molecule has 2 aliphatic heterocycles. The Balaban J connectivity index is 1.71. The van der Waals surface area contributed by atoms with E-state index in [1.165, 1.54) is 4.90 Å². The number of nitrogens with zero attached hydrogens (tertiary/aromatic N) is 2. The second-order valence-electron chi connectivity index (χ2n) is 4.63. The molecule has 3 amide bonds. The zero-order chi connectivity index (χ0) is 13.4. The van der Waals surface area contributed by atoms with Crippen LogP contribution in [0, 0.1) is 0 Å². The molecule has 1 saturated heterocycles. The van der Waals surface area contributed by atoms with E-state index in [-0.39, 0.29) is 19.0 Å². The van der Waals surface area contributed by atoms with Gasteiger partial charge in [-0.25, -0.2) is 4.98 Å². The third kappa shape index (κ3) is 2.22. The molecule has 0 spiro atoms. The summed E-state index contributed by atoms with van der Waals surface area (Å²) in [7, 11) is 0. The van der Waals surface area contributed by atoms with Crippen LogP contribution < -0.4 is 10.6 Å². The van der Waals surface area contributed by atoms with Crippen LogP contribution in [0.2, 0.25) is 0 Å². The minimum Gasteiger partial charge on any atom is -0.347 e. The van der Waals surface area contributed by atoms with Gasteiger partial charge in [0, 0.05) is 13.0 Å². The summed E-state index contributed by atoms with van der Waals surface area (Å²) in [6.07, 6.45) is 2.06. The van der Waals surface area contributed by atoms with Crippen LogP contribution in [-0.2, 0) is 27.3 Å². The fourth-order valence-electron chi connectivity index (χ4n) is 2.36. The molecule has 3 N–H and O–H groups in total. The largest absolute Gasteiger partial charge is 0.347 e. The zero-order valence-electron chi connectivity index (χ0n) is 10.1. The number of carbonyl (C=O) groups is 3. The summed E-state index contributed by atoms with van der Waals surface area (Å²) in [5.74, 6) is -1.13. The maximum Gasteiger partial charge on any atom is 0.246 e. The van der Waals surface area contributed by atoms with Crippen molar-refractivity contribution in [2.75, 3.05) is 13.1 Å². The van der Waals surface area contributed by atoms with Gasteiger partial charge >= 0.3 is 0 Å². The molecule has 19 heavy (non-hydrogen) atoms. The molecule has 2 aliphatic rings. The molecule has 0 bridgehead atoms. The molecule has 0 aromatic carbocycles. The Kier molecular flexibility index (Phi) is 2.79. The number of hydrogen-bond acceptors (Lipinski definition) is 5. The van der Waals surface area contributed by atoms with Gasteiger partial charge in [0.15, 0.2) is 0 Å². The normalized spacial score (nSPS) is 22.9. The molecule has 0 saturated carbocycles. The van der Waals surface area contributed by atoms with Crippen molar-refractivity contribution < 1.29 is 14.4 Å². The first kappa shape index (κ1) is 11.8. The zero-order valence-corrected chi connectivity index (χ0v) is 10.1. The van der Waals surface area contributed by atoms with Crippen molar-refractivity contribution in [2.24, 2.45) is 0 Å². The highest BCUT2D eigenvalue weighted by Gasteiger charge is 2.33. The van der Waals surface area contributed by atoms with Crippen LogP contribution in [0.25, 0.3) is 0 Å². The molecule has 1 fully saturated rings. The van der Waals surface area contributed by atoms with Gasteiger partial charge in [-0.05, 0) is 0 Å². The van der Waals surface area contributed by atoms with Crippen LogP contribution in [0.4, 0.5) is 0 Å². The van der Waals surface area contributed by atoms with E-state index in [0.29, 0.717) is 13.0 Å². The number of aromatic amines is 1. The summed E-state index contributed by atoms with van der Waals surface area (Å²) in [4.78, 5) is 43.2. The quantitative estimate of drug-likeness (QED) is 0.504. The van der Waals surface area contributed by atoms with Gasteiger partial charge in [-0.15, -0.1) is 0 Å². The van der Waals surface area contributed by atoms with Crippen LogP contribution in [0.5, 0.6) is 0 Å². The lowest BCUT2D eigenvalue weighted by Gasteiger charge is -2.31. The molecule has 8 heteroatoms. The van der Waals surface area contributed by atoms with E-state index in [2.05, 4.69) is 20.6 Å². The minimum absolute atomic E-state index is 0.0732. The van der Waals surface area contributed by atoms with Gasteiger partial charge in [-0.3, -0.25) is 25.0 Å². The number of piperazine rings is 1. The second kappa shape index (κ2) is 4.47.